The van der Waals surface area contributed by atoms with Crippen LogP contribution in [0, 0.1) is 0 Å². The van der Waals surface area contributed by atoms with Crippen molar-refractivity contribution >= 4 is 16.8 Å². The molecule has 5 heteroatoms. The first kappa shape index (κ1) is 18.5. The molecule has 146 valence electrons. The van der Waals surface area contributed by atoms with Crippen molar-refractivity contribution in [3.63, 3.8) is 0 Å². The molecule has 2 fully saturated rings. The molecule has 1 spiro atoms. The number of hydrogen-bond acceptors (Lipinski definition) is 3. The molecule has 2 saturated heterocycles. The van der Waals surface area contributed by atoms with Crippen LogP contribution in [0.15, 0.2) is 30.5 Å². The van der Waals surface area contributed by atoms with Crippen molar-refractivity contribution in [1.82, 2.24) is 19.3 Å². The molecule has 2 aliphatic heterocycles. The number of fused-ring (bicyclic) bond motifs is 1. The van der Waals surface area contributed by atoms with Crippen LogP contribution in [0.3, 0.4) is 0 Å². The predicted octanol–water partition coefficient (Wildman–Crippen LogP) is 2.79. The first-order chi connectivity index (χ1) is 13.0. The summed E-state index contributed by atoms with van der Waals surface area (Å²) in [7, 11) is 4.19. The SMILES string of the molecule is CCn1ccc2cc(CN3CCN(C)[C@]4(CCC(=O)N(C)CC4)C3)ccc21. The highest BCUT2D eigenvalue weighted by Crippen LogP contribution is 2.32. The van der Waals surface area contributed by atoms with Gasteiger partial charge in [-0.25, -0.2) is 0 Å². The van der Waals surface area contributed by atoms with E-state index in [1.165, 1.54) is 16.5 Å². The molecule has 1 atom stereocenters. The summed E-state index contributed by atoms with van der Waals surface area (Å²) in [4.78, 5) is 19.2. The Morgan fingerprint density at radius 2 is 1.93 bits per heavy atom. The van der Waals surface area contributed by atoms with Gasteiger partial charge in [-0.3, -0.25) is 14.6 Å². The lowest BCUT2D eigenvalue weighted by Crippen LogP contribution is -2.60. The summed E-state index contributed by atoms with van der Waals surface area (Å²) < 4.78 is 2.29. The van der Waals surface area contributed by atoms with E-state index in [1.54, 1.807) is 0 Å². The molecular formula is C22H32N4O. The van der Waals surface area contributed by atoms with Crippen LogP contribution in [0.2, 0.25) is 0 Å². The average molecular weight is 369 g/mol. The van der Waals surface area contributed by atoms with Crippen LogP contribution in [0.4, 0.5) is 0 Å². The van der Waals surface area contributed by atoms with Crippen LogP contribution in [-0.4, -0.2) is 71.0 Å². The van der Waals surface area contributed by atoms with Gasteiger partial charge in [-0.2, -0.15) is 0 Å². The molecule has 2 aliphatic rings. The van der Waals surface area contributed by atoms with Gasteiger partial charge in [-0.1, -0.05) is 6.07 Å². The summed E-state index contributed by atoms with van der Waals surface area (Å²) in [5.74, 6) is 0.295. The molecular weight excluding hydrogens is 336 g/mol. The van der Waals surface area contributed by atoms with Gasteiger partial charge >= 0.3 is 0 Å². The number of likely N-dealkylation sites (N-methyl/N-ethyl adjacent to an activating group) is 1. The molecule has 1 amide bonds. The van der Waals surface area contributed by atoms with Crippen molar-refractivity contribution < 1.29 is 4.79 Å². The Kier molecular flexibility index (Phi) is 4.99. The number of carbonyl (C=O) groups is 1. The number of benzene rings is 1. The second-order valence-electron chi connectivity index (χ2n) is 8.42. The molecule has 1 aromatic carbocycles. The summed E-state index contributed by atoms with van der Waals surface area (Å²) >= 11 is 0. The Bertz CT molecular complexity index is 829. The Morgan fingerprint density at radius 3 is 2.74 bits per heavy atom. The molecule has 1 aromatic heterocycles. The molecule has 0 bridgehead atoms. The molecule has 4 rings (SSSR count). The molecule has 0 N–H and O–H groups in total. The van der Waals surface area contributed by atoms with E-state index in [2.05, 4.69) is 58.8 Å². The fraction of sp³-hybridized carbons (Fsp3) is 0.591. The van der Waals surface area contributed by atoms with E-state index in [-0.39, 0.29) is 5.54 Å². The van der Waals surface area contributed by atoms with E-state index in [4.69, 9.17) is 0 Å². The maximum atomic E-state index is 12.2. The Labute approximate surface area is 162 Å². The van der Waals surface area contributed by atoms with Crippen LogP contribution < -0.4 is 0 Å². The minimum absolute atomic E-state index is 0.133. The van der Waals surface area contributed by atoms with Gasteiger partial charge in [0.25, 0.3) is 0 Å². The highest BCUT2D eigenvalue weighted by atomic mass is 16.2. The highest BCUT2D eigenvalue weighted by Gasteiger charge is 2.41. The first-order valence-corrected chi connectivity index (χ1v) is 10.3. The smallest absolute Gasteiger partial charge is 0.222 e. The van der Waals surface area contributed by atoms with Gasteiger partial charge in [-0.05, 0) is 56.0 Å². The summed E-state index contributed by atoms with van der Waals surface area (Å²) in [6.07, 6.45) is 4.89. The Balaban J connectivity index is 1.50. The van der Waals surface area contributed by atoms with E-state index in [9.17, 15) is 4.79 Å². The molecule has 0 radical (unpaired) electrons. The van der Waals surface area contributed by atoms with E-state index in [1.807, 2.05) is 11.9 Å². The third kappa shape index (κ3) is 3.50. The Hall–Kier alpha value is -1.85. The summed E-state index contributed by atoms with van der Waals surface area (Å²) in [5, 5.41) is 1.33. The van der Waals surface area contributed by atoms with Crippen LogP contribution >= 0.6 is 0 Å². The van der Waals surface area contributed by atoms with Gasteiger partial charge in [0.2, 0.25) is 5.91 Å². The molecule has 5 nitrogen and oxygen atoms in total. The van der Waals surface area contributed by atoms with Crippen LogP contribution in [0.25, 0.3) is 10.9 Å². The lowest BCUT2D eigenvalue weighted by Gasteiger charge is -2.49. The number of rotatable bonds is 3. The number of aryl methyl sites for hydroxylation is 1. The second kappa shape index (κ2) is 7.28. The van der Waals surface area contributed by atoms with Gasteiger partial charge in [0.1, 0.15) is 0 Å². The fourth-order valence-electron chi connectivity index (χ4n) is 4.86. The minimum atomic E-state index is 0.133. The van der Waals surface area contributed by atoms with E-state index in [0.29, 0.717) is 12.3 Å². The zero-order valence-corrected chi connectivity index (χ0v) is 16.9. The quantitative estimate of drug-likeness (QED) is 0.835. The normalized spacial score (nSPS) is 25.4. The zero-order valence-electron chi connectivity index (χ0n) is 16.9. The summed E-state index contributed by atoms with van der Waals surface area (Å²) in [5.41, 5.74) is 2.84. The number of piperazine rings is 1. The van der Waals surface area contributed by atoms with Crippen molar-refractivity contribution in [3.8, 4) is 0 Å². The van der Waals surface area contributed by atoms with Crippen molar-refractivity contribution in [2.75, 3.05) is 40.3 Å². The van der Waals surface area contributed by atoms with Crippen molar-refractivity contribution in [1.29, 1.82) is 0 Å². The lowest BCUT2D eigenvalue weighted by atomic mass is 9.86. The molecule has 0 saturated carbocycles. The summed E-state index contributed by atoms with van der Waals surface area (Å²) in [6, 6.07) is 9.11. The van der Waals surface area contributed by atoms with Crippen LogP contribution in [0.5, 0.6) is 0 Å². The van der Waals surface area contributed by atoms with Gasteiger partial charge in [0.05, 0.1) is 0 Å². The van der Waals surface area contributed by atoms with E-state index in [0.717, 1.165) is 52.1 Å². The minimum Gasteiger partial charge on any atom is -0.348 e. The predicted molar refractivity (Wildman–Crippen MR) is 110 cm³/mol. The maximum Gasteiger partial charge on any atom is 0.222 e. The van der Waals surface area contributed by atoms with Crippen molar-refractivity contribution in [2.45, 2.75) is 44.8 Å². The number of carbonyl (C=O) groups excluding carboxylic acids is 1. The molecule has 0 unspecified atom stereocenters. The lowest BCUT2D eigenvalue weighted by molar-refractivity contribution is -0.129. The Morgan fingerprint density at radius 1 is 1.07 bits per heavy atom. The largest absolute Gasteiger partial charge is 0.348 e. The fourth-order valence-corrected chi connectivity index (χ4v) is 4.86. The zero-order chi connectivity index (χ0) is 19.0. The van der Waals surface area contributed by atoms with E-state index >= 15 is 0 Å². The monoisotopic (exact) mass is 368 g/mol. The van der Waals surface area contributed by atoms with Crippen LogP contribution in [-0.2, 0) is 17.9 Å². The average Bonchev–Trinajstić information content (AvgIpc) is 3.03. The van der Waals surface area contributed by atoms with Crippen molar-refractivity contribution in [2.24, 2.45) is 0 Å². The second-order valence-corrected chi connectivity index (χ2v) is 8.42. The number of likely N-dealkylation sites (tertiary alicyclic amines) is 1. The highest BCUT2D eigenvalue weighted by molar-refractivity contribution is 5.80. The number of hydrogen-bond donors (Lipinski definition) is 0. The first-order valence-electron chi connectivity index (χ1n) is 10.3. The van der Waals surface area contributed by atoms with Crippen molar-refractivity contribution in [3.05, 3.63) is 36.0 Å². The maximum absolute atomic E-state index is 12.2. The molecule has 3 heterocycles. The number of amides is 1. The van der Waals surface area contributed by atoms with Gasteiger partial charge in [-0.15, -0.1) is 0 Å². The van der Waals surface area contributed by atoms with Crippen LogP contribution in [0.1, 0.15) is 31.7 Å². The molecule has 0 aliphatic carbocycles. The van der Waals surface area contributed by atoms with Gasteiger partial charge in [0.15, 0.2) is 0 Å². The standard InChI is InChI=1S/C22H32N4O/c1-4-26-11-8-19-15-18(5-6-20(19)26)16-25-14-13-24(3)22(17-25)9-7-21(27)23(2)12-10-22/h5-6,8,11,15H,4,7,9-10,12-14,16-17H2,1-3H3/t22-/m0/s1. The third-order valence-corrected chi connectivity index (χ3v) is 6.80. The number of nitrogens with zero attached hydrogens (tertiary/aromatic N) is 4. The van der Waals surface area contributed by atoms with Gasteiger partial charge < -0.3 is 9.47 Å². The van der Waals surface area contributed by atoms with Gasteiger partial charge in [0, 0.05) is 70.0 Å². The number of aromatic nitrogens is 1. The molecule has 2 aromatic rings. The third-order valence-electron chi connectivity index (χ3n) is 6.80. The molecule has 27 heavy (non-hydrogen) atoms. The topological polar surface area (TPSA) is 31.7 Å². The van der Waals surface area contributed by atoms with E-state index < -0.39 is 0 Å². The summed E-state index contributed by atoms with van der Waals surface area (Å²) in [6.45, 7) is 8.28.